The smallest absolute Gasteiger partial charge is 0.270 e. The minimum absolute atomic E-state index is 0.00810. The first-order valence-corrected chi connectivity index (χ1v) is 9.23. The van der Waals surface area contributed by atoms with Gasteiger partial charge in [0.2, 0.25) is 10.0 Å². The van der Waals surface area contributed by atoms with Crippen LogP contribution in [-0.4, -0.2) is 48.5 Å². The van der Waals surface area contributed by atoms with Gasteiger partial charge in [-0.05, 0) is 47.8 Å². The Morgan fingerprint density at radius 2 is 2.10 bits per heavy atom. The van der Waals surface area contributed by atoms with Crippen LogP contribution in [0, 0.1) is 0 Å². The van der Waals surface area contributed by atoms with Gasteiger partial charge in [-0.15, -0.1) is 0 Å². The standard InChI is InChI=1S/C13H18BrN3O3S/c1-2-21(19,20)17-7-5-11(6-8-17)16-13(18)12-4-3-10(14)9-15-12/h3-4,9,11H,2,5-8H2,1H3,(H,16,18). The van der Waals surface area contributed by atoms with Crippen LogP contribution in [0.15, 0.2) is 22.8 Å². The van der Waals surface area contributed by atoms with Crippen molar-refractivity contribution in [1.82, 2.24) is 14.6 Å². The van der Waals surface area contributed by atoms with E-state index < -0.39 is 10.0 Å². The fourth-order valence-corrected chi connectivity index (χ4v) is 3.60. The van der Waals surface area contributed by atoms with E-state index in [1.54, 1.807) is 25.3 Å². The molecular weight excluding hydrogens is 358 g/mol. The molecule has 0 radical (unpaired) electrons. The van der Waals surface area contributed by atoms with E-state index in [-0.39, 0.29) is 17.7 Å². The van der Waals surface area contributed by atoms with Gasteiger partial charge in [0.05, 0.1) is 5.75 Å². The lowest BCUT2D eigenvalue weighted by Crippen LogP contribution is -2.47. The van der Waals surface area contributed by atoms with E-state index in [0.717, 1.165) is 4.47 Å². The molecule has 1 aliphatic rings. The van der Waals surface area contributed by atoms with Gasteiger partial charge in [-0.25, -0.2) is 17.7 Å². The second-order valence-corrected chi connectivity index (χ2v) is 8.08. The molecule has 0 bridgehead atoms. The average Bonchev–Trinajstić information content (AvgIpc) is 2.48. The number of hydrogen-bond acceptors (Lipinski definition) is 4. The largest absolute Gasteiger partial charge is 0.348 e. The highest BCUT2D eigenvalue weighted by molar-refractivity contribution is 9.10. The molecule has 21 heavy (non-hydrogen) atoms. The number of carbonyl (C=O) groups excluding carboxylic acids is 1. The molecule has 6 nitrogen and oxygen atoms in total. The summed E-state index contributed by atoms with van der Waals surface area (Å²) in [5, 5.41) is 2.91. The van der Waals surface area contributed by atoms with Crippen LogP contribution in [0.4, 0.5) is 0 Å². The van der Waals surface area contributed by atoms with E-state index >= 15 is 0 Å². The maximum absolute atomic E-state index is 12.0. The van der Waals surface area contributed by atoms with Gasteiger partial charge in [0.1, 0.15) is 5.69 Å². The molecule has 0 spiro atoms. The molecule has 1 aliphatic heterocycles. The van der Waals surface area contributed by atoms with E-state index in [4.69, 9.17) is 0 Å². The van der Waals surface area contributed by atoms with Gasteiger partial charge in [-0.2, -0.15) is 0 Å². The summed E-state index contributed by atoms with van der Waals surface area (Å²) < 4.78 is 25.8. The van der Waals surface area contributed by atoms with Crippen molar-refractivity contribution in [3.8, 4) is 0 Å². The third-order valence-corrected chi connectivity index (χ3v) is 5.86. The minimum atomic E-state index is -3.13. The summed E-state index contributed by atoms with van der Waals surface area (Å²) in [6.45, 7) is 2.55. The molecular formula is C13H18BrN3O3S. The summed E-state index contributed by atoms with van der Waals surface area (Å²) in [7, 11) is -3.13. The molecule has 1 aromatic rings. The molecule has 1 fully saturated rings. The quantitative estimate of drug-likeness (QED) is 0.861. The van der Waals surface area contributed by atoms with Crippen molar-refractivity contribution in [3.05, 3.63) is 28.5 Å². The lowest BCUT2D eigenvalue weighted by atomic mass is 10.1. The number of carbonyl (C=O) groups is 1. The number of amides is 1. The third-order valence-electron chi connectivity index (χ3n) is 3.51. The third kappa shape index (κ3) is 4.24. The Bertz CT molecular complexity index is 596. The van der Waals surface area contributed by atoms with E-state index in [9.17, 15) is 13.2 Å². The molecule has 116 valence electrons. The van der Waals surface area contributed by atoms with Crippen LogP contribution in [0.2, 0.25) is 0 Å². The fourth-order valence-electron chi connectivity index (χ4n) is 2.23. The lowest BCUT2D eigenvalue weighted by molar-refractivity contribution is 0.0919. The second kappa shape index (κ2) is 6.85. The Hall–Kier alpha value is -0.990. The minimum Gasteiger partial charge on any atom is -0.348 e. The number of pyridine rings is 1. The van der Waals surface area contributed by atoms with Gasteiger partial charge >= 0.3 is 0 Å². The van der Waals surface area contributed by atoms with Crippen LogP contribution in [-0.2, 0) is 10.0 Å². The maximum Gasteiger partial charge on any atom is 0.270 e. The molecule has 0 aliphatic carbocycles. The predicted molar refractivity (Wildman–Crippen MR) is 83.5 cm³/mol. The van der Waals surface area contributed by atoms with Crippen LogP contribution >= 0.6 is 15.9 Å². The van der Waals surface area contributed by atoms with Crippen LogP contribution in [0.25, 0.3) is 0 Å². The number of aromatic nitrogens is 1. The molecule has 0 atom stereocenters. The van der Waals surface area contributed by atoms with Gasteiger partial charge in [0, 0.05) is 29.8 Å². The number of halogens is 1. The zero-order valence-electron chi connectivity index (χ0n) is 11.8. The SMILES string of the molecule is CCS(=O)(=O)N1CCC(NC(=O)c2ccc(Br)cn2)CC1. The Kier molecular flexibility index (Phi) is 5.34. The maximum atomic E-state index is 12.0. The molecule has 8 heteroatoms. The molecule has 1 N–H and O–H groups in total. The predicted octanol–water partition coefficient (Wildman–Crippen LogP) is 1.39. The highest BCUT2D eigenvalue weighted by Crippen LogP contribution is 2.15. The van der Waals surface area contributed by atoms with Gasteiger partial charge in [-0.3, -0.25) is 4.79 Å². The summed E-state index contributed by atoms with van der Waals surface area (Å²) in [5.41, 5.74) is 0.363. The summed E-state index contributed by atoms with van der Waals surface area (Å²) in [6, 6.07) is 3.40. The van der Waals surface area contributed by atoms with Crippen LogP contribution in [0.3, 0.4) is 0 Å². The van der Waals surface area contributed by atoms with Crippen molar-refractivity contribution < 1.29 is 13.2 Å². The number of nitrogens with one attached hydrogen (secondary N) is 1. The van der Waals surface area contributed by atoms with Crippen molar-refractivity contribution in [2.75, 3.05) is 18.8 Å². The summed E-state index contributed by atoms with van der Waals surface area (Å²) in [6.07, 6.45) is 2.83. The molecule has 0 unspecified atom stereocenters. The first kappa shape index (κ1) is 16.4. The zero-order valence-corrected chi connectivity index (χ0v) is 14.2. The van der Waals surface area contributed by atoms with Gasteiger partial charge < -0.3 is 5.32 Å². The monoisotopic (exact) mass is 375 g/mol. The van der Waals surface area contributed by atoms with Crippen LogP contribution in [0.5, 0.6) is 0 Å². The Morgan fingerprint density at radius 3 is 2.62 bits per heavy atom. The zero-order chi connectivity index (χ0) is 15.5. The van der Waals surface area contributed by atoms with Gasteiger partial charge in [0.25, 0.3) is 5.91 Å². The number of piperidine rings is 1. The van der Waals surface area contributed by atoms with Gasteiger partial charge in [-0.1, -0.05) is 0 Å². The molecule has 0 aromatic carbocycles. The number of sulfonamides is 1. The first-order valence-electron chi connectivity index (χ1n) is 6.82. The van der Waals surface area contributed by atoms with Crippen molar-refractivity contribution in [1.29, 1.82) is 0 Å². The Balaban J connectivity index is 1.89. The van der Waals surface area contributed by atoms with Crippen molar-refractivity contribution >= 4 is 31.9 Å². The fraction of sp³-hybridized carbons (Fsp3) is 0.538. The summed E-state index contributed by atoms with van der Waals surface area (Å²) in [4.78, 5) is 16.1. The molecule has 1 saturated heterocycles. The van der Waals surface area contributed by atoms with Crippen LogP contribution < -0.4 is 5.32 Å². The van der Waals surface area contributed by atoms with Crippen molar-refractivity contribution in [2.45, 2.75) is 25.8 Å². The molecule has 2 rings (SSSR count). The number of rotatable bonds is 4. The van der Waals surface area contributed by atoms with Crippen LogP contribution in [0.1, 0.15) is 30.3 Å². The topological polar surface area (TPSA) is 79.4 Å². The summed E-state index contributed by atoms with van der Waals surface area (Å²) in [5.74, 6) is -0.105. The Morgan fingerprint density at radius 1 is 1.43 bits per heavy atom. The van der Waals surface area contributed by atoms with E-state index in [2.05, 4.69) is 26.2 Å². The van der Waals surface area contributed by atoms with E-state index in [1.165, 1.54) is 4.31 Å². The van der Waals surface area contributed by atoms with Crippen molar-refractivity contribution in [3.63, 3.8) is 0 Å². The molecule has 1 aromatic heterocycles. The molecule has 2 heterocycles. The highest BCUT2D eigenvalue weighted by Gasteiger charge is 2.27. The summed E-state index contributed by atoms with van der Waals surface area (Å²) >= 11 is 3.27. The molecule has 0 saturated carbocycles. The Labute approximate surface area is 133 Å². The van der Waals surface area contributed by atoms with E-state index in [1.807, 2.05) is 0 Å². The number of hydrogen-bond donors (Lipinski definition) is 1. The average molecular weight is 376 g/mol. The normalized spacial score (nSPS) is 17.6. The lowest BCUT2D eigenvalue weighted by Gasteiger charge is -2.31. The van der Waals surface area contributed by atoms with Crippen molar-refractivity contribution in [2.24, 2.45) is 0 Å². The second-order valence-electron chi connectivity index (χ2n) is 4.91. The van der Waals surface area contributed by atoms with E-state index in [0.29, 0.717) is 31.6 Å². The van der Waals surface area contributed by atoms with Gasteiger partial charge in [0.15, 0.2) is 0 Å². The molecule has 1 amide bonds. The number of nitrogens with zero attached hydrogens (tertiary/aromatic N) is 2. The highest BCUT2D eigenvalue weighted by atomic mass is 79.9. The first-order chi connectivity index (χ1) is 9.92.